The number of nitrogens with two attached hydrogens (primary N) is 1. The van der Waals surface area contributed by atoms with E-state index in [1.807, 2.05) is 0 Å². The Morgan fingerprint density at radius 2 is 2.12 bits per heavy atom. The Balaban J connectivity index is 2.75. The molecule has 0 radical (unpaired) electrons. The summed E-state index contributed by atoms with van der Waals surface area (Å²) < 4.78 is 1.11. The molecule has 17 heavy (non-hydrogen) atoms. The first-order valence-corrected chi connectivity index (χ1v) is 5.37. The highest BCUT2D eigenvalue weighted by molar-refractivity contribution is 6.38. The Morgan fingerprint density at radius 1 is 1.41 bits per heavy atom. The zero-order valence-electron chi connectivity index (χ0n) is 8.48. The lowest BCUT2D eigenvalue weighted by atomic mass is 10.2. The molecule has 1 amide bonds. The maximum atomic E-state index is 12.0. The summed E-state index contributed by atoms with van der Waals surface area (Å²) in [5.41, 5.74) is 4.96. The van der Waals surface area contributed by atoms with Crippen LogP contribution >= 0.6 is 23.2 Å². The normalized spacial score (nSPS) is 10.7. The van der Waals surface area contributed by atoms with Crippen molar-refractivity contribution in [2.24, 2.45) is 5.73 Å². The van der Waals surface area contributed by atoms with Crippen molar-refractivity contribution in [3.8, 4) is 0 Å². The van der Waals surface area contributed by atoms with E-state index in [4.69, 9.17) is 28.9 Å². The quantitative estimate of drug-likeness (QED) is 0.891. The van der Waals surface area contributed by atoms with Gasteiger partial charge in [-0.1, -0.05) is 23.2 Å². The summed E-state index contributed by atoms with van der Waals surface area (Å²) in [6.07, 6.45) is 1.23. The Labute approximate surface area is 106 Å². The van der Waals surface area contributed by atoms with Crippen molar-refractivity contribution >= 4 is 40.0 Å². The lowest BCUT2D eigenvalue weighted by Crippen LogP contribution is -2.28. The second-order valence-electron chi connectivity index (χ2n) is 3.43. The van der Waals surface area contributed by atoms with Crippen LogP contribution in [0.15, 0.2) is 23.3 Å². The number of rotatable bonds is 2. The number of primary amides is 1. The molecule has 0 aliphatic rings. The third-order valence-corrected chi connectivity index (χ3v) is 2.68. The van der Waals surface area contributed by atoms with Crippen molar-refractivity contribution in [2.45, 2.75) is 6.54 Å². The van der Waals surface area contributed by atoms with Crippen LogP contribution in [0.5, 0.6) is 0 Å². The fraction of sp³-hybridized carbons (Fsp3) is 0.100. The van der Waals surface area contributed by atoms with Crippen LogP contribution in [0.25, 0.3) is 10.9 Å². The van der Waals surface area contributed by atoms with Crippen LogP contribution in [0.2, 0.25) is 10.0 Å². The molecule has 0 bridgehead atoms. The maximum absolute atomic E-state index is 12.0. The van der Waals surface area contributed by atoms with Gasteiger partial charge < -0.3 is 5.73 Å². The Morgan fingerprint density at radius 3 is 2.76 bits per heavy atom. The number of fused-ring (bicyclic) bond motifs is 1. The zero-order valence-corrected chi connectivity index (χ0v) is 10.00. The molecule has 2 aromatic rings. The van der Waals surface area contributed by atoms with E-state index in [1.54, 1.807) is 0 Å². The van der Waals surface area contributed by atoms with Crippen LogP contribution in [0, 0.1) is 0 Å². The summed E-state index contributed by atoms with van der Waals surface area (Å²) in [6.45, 7) is -0.230. The molecule has 7 heteroatoms. The molecular weight excluding hydrogens is 265 g/mol. The van der Waals surface area contributed by atoms with Crippen molar-refractivity contribution in [1.29, 1.82) is 0 Å². The largest absolute Gasteiger partial charge is 0.368 e. The molecule has 0 saturated carbocycles. The molecule has 2 rings (SSSR count). The van der Waals surface area contributed by atoms with E-state index in [-0.39, 0.29) is 17.0 Å². The van der Waals surface area contributed by atoms with Crippen molar-refractivity contribution < 1.29 is 4.79 Å². The van der Waals surface area contributed by atoms with Crippen molar-refractivity contribution in [3.63, 3.8) is 0 Å². The summed E-state index contributed by atoms with van der Waals surface area (Å²) in [5, 5.41) is 0.875. The molecule has 0 fully saturated rings. The van der Waals surface area contributed by atoms with Crippen LogP contribution < -0.4 is 11.3 Å². The molecule has 0 saturated heterocycles. The zero-order chi connectivity index (χ0) is 12.6. The van der Waals surface area contributed by atoms with Crippen LogP contribution in [-0.4, -0.2) is 15.5 Å². The van der Waals surface area contributed by atoms with E-state index < -0.39 is 11.5 Å². The molecule has 0 aliphatic heterocycles. The highest BCUT2D eigenvalue weighted by Gasteiger charge is 2.09. The van der Waals surface area contributed by atoms with Crippen molar-refractivity contribution in [2.75, 3.05) is 0 Å². The SMILES string of the molecule is NC(=O)Cn1cnc2c(Cl)cc(Cl)cc2c1=O. The fourth-order valence-electron chi connectivity index (χ4n) is 1.48. The van der Waals surface area contributed by atoms with Gasteiger partial charge in [-0.25, -0.2) is 4.98 Å². The average molecular weight is 272 g/mol. The third-order valence-electron chi connectivity index (χ3n) is 2.17. The standard InChI is InChI=1S/C10H7Cl2N3O2/c11-5-1-6-9(7(12)2-5)14-4-15(10(6)17)3-8(13)16/h1-2,4H,3H2,(H2,13,16). The summed E-state index contributed by atoms with van der Waals surface area (Å²) in [5.74, 6) is -0.624. The molecule has 0 unspecified atom stereocenters. The van der Waals surface area contributed by atoms with Crippen molar-refractivity contribution in [1.82, 2.24) is 9.55 Å². The van der Waals surface area contributed by atoms with Crippen LogP contribution in [0.1, 0.15) is 0 Å². The first-order valence-electron chi connectivity index (χ1n) is 4.61. The van der Waals surface area contributed by atoms with Crippen molar-refractivity contribution in [3.05, 3.63) is 38.9 Å². The monoisotopic (exact) mass is 271 g/mol. The Kier molecular flexibility index (Phi) is 3.04. The Hall–Kier alpha value is -1.59. The van der Waals surface area contributed by atoms with Gasteiger partial charge in [0.15, 0.2) is 0 Å². The summed E-state index contributed by atoms with van der Waals surface area (Å²) in [6, 6.07) is 2.95. The first-order chi connectivity index (χ1) is 7.99. The maximum Gasteiger partial charge on any atom is 0.261 e. The van der Waals surface area contributed by atoms with Gasteiger partial charge in [0, 0.05) is 5.02 Å². The minimum Gasteiger partial charge on any atom is -0.368 e. The fourth-order valence-corrected chi connectivity index (χ4v) is 2.02. The second kappa shape index (κ2) is 4.35. The van der Waals surface area contributed by atoms with Gasteiger partial charge in [0.1, 0.15) is 6.54 Å². The van der Waals surface area contributed by atoms with E-state index in [9.17, 15) is 9.59 Å². The average Bonchev–Trinajstić information content (AvgIpc) is 2.22. The van der Waals surface area contributed by atoms with E-state index in [0.29, 0.717) is 10.5 Å². The van der Waals surface area contributed by atoms with Gasteiger partial charge in [-0.15, -0.1) is 0 Å². The number of hydrogen-bond donors (Lipinski definition) is 1. The third kappa shape index (κ3) is 2.25. The molecule has 2 N–H and O–H groups in total. The van der Waals surface area contributed by atoms with E-state index in [2.05, 4.69) is 4.98 Å². The summed E-state index contributed by atoms with van der Waals surface area (Å²) in [7, 11) is 0. The number of carbonyl (C=O) groups is 1. The smallest absolute Gasteiger partial charge is 0.261 e. The molecule has 1 aromatic carbocycles. The molecule has 0 aliphatic carbocycles. The number of nitrogens with zero attached hydrogens (tertiary/aromatic N) is 2. The number of amides is 1. The number of hydrogen-bond acceptors (Lipinski definition) is 3. The molecule has 88 valence electrons. The first kappa shape index (κ1) is 11.9. The van der Waals surface area contributed by atoms with Crippen LogP contribution in [0.3, 0.4) is 0 Å². The highest BCUT2D eigenvalue weighted by Crippen LogP contribution is 2.23. The van der Waals surface area contributed by atoms with Gasteiger partial charge in [0.2, 0.25) is 5.91 Å². The molecule has 5 nitrogen and oxygen atoms in total. The Bertz CT molecular complexity index is 666. The molecule has 0 atom stereocenters. The summed E-state index contributed by atoms with van der Waals surface area (Å²) >= 11 is 11.7. The number of carbonyl (C=O) groups excluding carboxylic acids is 1. The lowest BCUT2D eigenvalue weighted by Gasteiger charge is -2.05. The van der Waals surface area contributed by atoms with Crippen LogP contribution in [-0.2, 0) is 11.3 Å². The van der Waals surface area contributed by atoms with Gasteiger partial charge in [0.25, 0.3) is 5.56 Å². The van der Waals surface area contributed by atoms with Gasteiger partial charge in [-0.3, -0.25) is 14.2 Å². The van der Waals surface area contributed by atoms with E-state index >= 15 is 0 Å². The topological polar surface area (TPSA) is 78.0 Å². The van der Waals surface area contributed by atoms with E-state index in [0.717, 1.165) is 4.57 Å². The predicted molar refractivity (Wildman–Crippen MR) is 65.2 cm³/mol. The molecule has 1 heterocycles. The lowest BCUT2D eigenvalue weighted by molar-refractivity contribution is -0.118. The van der Waals surface area contributed by atoms with Gasteiger partial charge in [-0.2, -0.15) is 0 Å². The number of halogens is 2. The number of benzene rings is 1. The van der Waals surface area contributed by atoms with Gasteiger partial charge in [-0.05, 0) is 12.1 Å². The summed E-state index contributed by atoms with van der Waals surface area (Å²) in [4.78, 5) is 26.7. The van der Waals surface area contributed by atoms with Gasteiger partial charge in [0.05, 0.1) is 22.3 Å². The van der Waals surface area contributed by atoms with Crippen LogP contribution in [0.4, 0.5) is 0 Å². The molecular formula is C10H7Cl2N3O2. The predicted octanol–water partition coefficient (Wildman–Crippen LogP) is 1.19. The van der Waals surface area contributed by atoms with Gasteiger partial charge >= 0.3 is 0 Å². The molecule has 0 spiro atoms. The number of aromatic nitrogens is 2. The van der Waals surface area contributed by atoms with E-state index in [1.165, 1.54) is 18.5 Å². The molecule has 1 aromatic heterocycles. The highest BCUT2D eigenvalue weighted by atomic mass is 35.5. The minimum atomic E-state index is -0.624. The minimum absolute atomic E-state index is 0.230. The second-order valence-corrected chi connectivity index (χ2v) is 4.27.